The predicted octanol–water partition coefficient (Wildman–Crippen LogP) is 1.55. The Hall–Kier alpha value is -2.76. The van der Waals surface area contributed by atoms with Gasteiger partial charge in [-0.25, -0.2) is 22.1 Å². The van der Waals surface area contributed by atoms with Gasteiger partial charge in [0.2, 0.25) is 16.0 Å². The number of sulfonamides is 1. The number of aliphatic hydroxyl groups excluding tert-OH is 2. The maximum Gasteiger partial charge on any atom is 0.305 e. The number of aliphatic carboxylic acids is 1. The Balaban J connectivity index is 2.51. The first-order chi connectivity index (χ1) is 15.3. The molecule has 1 aliphatic heterocycles. The summed E-state index contributed by atoms with van der Waals surface area (Å²) in [5.74, 6) is -1.76. The monoisotopic (exact) mass is 483 g/mol. The molecule has 0 spiro atoms. The molecule has 0 fully saturated rings. The lowest BCUT2D eigenvalue weighted by Gasteiger charge is -2.40. The van der Waals surface area contributed by atoms with Crippen LogP contribution in [0.1, 0.15) is 32.3 Å². The maximum atomic E-state index is 13.6. The molecule has 0 aliphatic carbocycles. The number of hydrogen-bond donors (Lipinski definition) is 4. The first-order valence-corrected chi connectivity index (χ1v) is 12.1. The average Bonchev–Trinajstić information content (AvgIpc) is 2.70. The molecule has 3 atom stereocenters. The Labute approximate surface area is 193 Å². The Bertz CT molecular complexity index is 1050. The molecule has 0 saturated heterocycles. The Morgan fingerprint density at radius 2 is 1.88 bits per heavy atom. The highest BCUT2D eigenvalue weighted by Crippen LogP contribution is 2.43. The number of carboxylic acid groups (broad SMARTS) is 1. The molecule has 4 N–H and O–H groups in total. The summed E-state index contributed by atoms with van der Waals surface area (Å²) in [5, 5.41) is 31.7. The number of halogens is 1. The molecule has 0 amide bonds. The van der Waals surface area contributed by atoms with E-state index in [0.717, 1.165) is 10.6 Å². The van der Waals surface area contributed by atoms with Crippen LogP contribution in [0.15, 0.2) is 53.2 Å². The van der Waals surface area contributed by atoms with Crippen LogP contribution in [-0.4, -0.2) is 65.5 Å². The van der Waals surface area contributed by atoms with E-state index >= 15 is 0 Å². The Kier molecular flexibility index (Phi) is 8.39. The van der Waals surface area contributed by atoms with E-state index in [0.29, 0.717) is 11.1 Å². The first kappa shape index (κ1) is 26.5. The van der Waals surface area contributed by atoms with Crippen LogP contribution >= 0.6 is 0 Å². The quantitative estimate of drug-likeness (QED) is 0.418. The van der Waals surface area contributed by atoms with Crippen molar-refractivity contribution in [1.29, 1.82) is 0 Å². The lowest BCUT2D eigenvalue weighted by molar-refractivity contribution is -0.139. The average molecular weight is 484 g/mol. The normalized spacial score (nSPS) is 20.7. The van der Waals surface area contributed by atoms with Crippen molar-refractivity contribution in [3.63, 3.8) is 0 Å². The minimum absolute atomic E-state index is 0.0742. The molecule has 2 rings (SSSR count). The number of rotatable bonds is 9. The van der Waals surface area contributed by atoms with Gasteiger partial charge in [0.15, 0.2) is 0 Å². The number of nitrogens with zero attached hydrogens (tertiary/aromatic N) is 2. The fourth-order valence-electron chi connectivity index (χ4n) is 3.60. The number of carboxylic acids is 1. The molecule has 182 valence electrons. The van der Waals surface area contributed by atoms with Crippen LogP contribution in [0.5, 0.6) is 0 Å². The van der Waals surface area contributed by atoms with Gasteiger partial charge in [-0.15, -0.1) is 0 Å². The van der Waals surface area contributed by atoms with E-state index in [2.05, 4.69) is 5.32 Å². The number of aliphatic hydroxyl groups is 2. The summed E-state index contributed by atoms with van der Waals surface area (Å²) in [4.78, 5) is 15.5. The van der Waals surface area contributed by atoms with Gasteiger partial charge in [0.1, 0.15) is 11.4 Å². The van der Waals surface area contributed by atoms with Crippen molar-refractivity contribution in [3.8, 4) is 0 Å². The van der Waals surface area contributed by atoms with Gasteiger partial charge < -0.3 is 20.6 Å². The van der Waals surface area contributed by atoms with E-state index in [-0.39, 0.29) is 18.3 Å². The summed E-state index contributed by atoms with van der Waals surface area (Å²) in [7, 11) is -2.26. The molecule has 33 heavy (non-hydrogen) atoms. The lowest BCUT2D eigenvalue weighted by Crippen LogP contribution is -2.47. The zero-order chi connectivity index (χ0) is 25.0. The molecule has 0 aromatic heterocycles. The second-order valence-electron chi connectivity index (χ2n) is 8.25. The molecule has 1 aromatic rings. The van der Waals surface area contributed by atoms with Crippen molar-refractivity contribution in [2.75, 3.05) is 13.3 Å². The number of guanidine groups is 1. The molecule has 1 unspecified atom stereocenters. The van der Waals surface area contributed by atoms with Crippen molar-refractivity contribution >= 4 is 22.0 Å². The van der Waals surface area contributed by atoms with Crippen LogP contribution in [0.3, 0.4) is 0 Å². The molecule has 9 nitrogen and oxygen atoms in total. The number of aliphatic imine (C=N–C) groups is 1. The van der Waals surface area contributed by atoms with Crippen molar-refractivity contribution in [1.82, 2.24) is 9.62 Å². The fourth-order valence-corrected chi connectivity index (χ4v) is 4.01. The lowest BCUT2D eigenvalue weighted by atomic mass is 9.74. The summed E-state index contributed by atoms with van der Waals surface area (Å²) in [5.41, 5.74) is 0.0426. The summed E-state index contributed by atoms with van der Waals surface area (Å²) in [6.07, 6.45) is 2.55. The van der Waals surface area contributed by atoms with E-state index < -0.39 is 46.0 Å². The van der Waals surface area contributed by atoms with E-state index in [1.165, 1.54) is 25.3 Å². The van der Waals surface area contributed by atoms with Crippen LogP contribution < -0.4 is 5.32 Å². The zero-order valence-electron chi connectivity index (χ0n) is 18.9. The molecule has 0 bridgehead atoms. The molecule has 0 radical (unpaired) electrons. The molecular formula is C22H30FN3O6S. The molecule has 1 aliphatic rings. The van der Waals surface area contributed by atoms with Crippen LogP contribution in [0, 0.1) is 11.7 Å². The predicted molar refractivity (Wildman–Crippen MR) is 122 cm³/mol. The highest BCUT2D eigenvalue weighted by atomic mass is 32.2. The summed E-state index contributed by atoms with van der Waals surface area (Å²) in [6.45, 7) is 3.76. The van der Waals surface area contributed by atoms with Gasteiger partial charge in [-0.05, 0) is 23.6 Å². The molecule has 1 aromatic carbocycles. The van der Waals surface area contributed by atoms with Crippen molar-refractivity contribution in [3.05, 3.63) is 59.6 Å². The maximum absolute atomic E-state index is 13.6. The van der Waals surface area contributed by atoms with Gasteiger partial charge in [-0.2, -0.15) is 0 Å². The van der Waals surface area contributed by atoms with Gasteiger partial charge in [0, 0.05) is 25.2 Å². The third kappa shape index (κ3) is 6.40. The topological polar surface area (TPSA) is 140 Å². The third-order valence-electron chi connectivity index (χ3n) is 5.42. The number of benzene rings is 1. The number of carbonyl (C=O) groups is 1. The second-order valence-corrected chi connectivity index (χ2v) is 10.3. The van der Waals surface area contributed by atoms with E-state index in [1.54, 1.807) is 24.4 Å². The second kappa shape index (κ2) is 10.4. The zero-order valence-corrected chi connectivity index (χ0v) is 19.8. The minimum atomic E-state index is -3.62. The Morgan fingerprint density at radius 1 is 1.27 bits per heavy atom. The standard InChI is InChI=1S/C22H30FN3O6S/c1-14(2)22(15-5-8-17(23)9-6-15)16(7-10-18(27)11-19(28)12-20(29)30)13-24-21(25-22)26(3)33(4,31)32/h5-10,13-14,18-19,27-28H,11-12H2,1-4H3,(H,24,25)(H,29,30)/t18-,19-,22?/m1/s1. The van der Waals surface area contributed by atoms with E-state index in [4.69, 9.17) is 10.1 Å². The van der Waals surface area contributed by atoms with Crippen LogP contribution in [0.4, 0.5) is 4.39 Å². The van der Waals surface area contributed by atoms with E-state index in [1.807, 2.05) is 13.8 Å². The van der Waals surface area contributed by atoms with Crippen molar-refractivity contribution in [2.24, 2.45) is 10.9 Å². The third-order valence-corrected chi connectivity index (χ3v) is 6.58. The van der Waals surface area contributed by atoms with Gasteiger partial charge in [-0.1, -0.05) is 38.1 Å². The van der Waals surface area contributed by atoms with Gasteiger partial charge in [-0.3, -0.25) is 4.79 Å². The fraction of sp³-hybridized carbons (Fsp3) is 0.455. The highest BCUT2D eigenvalue weighted by molar-refractivity contribution is 7.88. The van der Waals surface area contributed by atoms with Crippen molar-refractivity contribution < 1.29 is 32.9 Å². The first-order valence-electron chi connectivity index (χ1n) is 10.3. The highest BCUT2D eigenvalue weighted by Gasteiger charge is 2.42. The SMILES string of the molecule is CC(C)C1(c2ccc(F)cc2)N=C(N(C)S(C)(=O)=O)NC=C1C=C[C@@H](O)C[C@@H](O)CC(=O)O. The van der Waals surface area contributed by atoms with Crippen LogP contribution in [-0.2, 0) is 20.4 Å². The summed E-state index contributed by atoms with van der Waals surface area (Å²) >= 11 is 0. The molecular weight excluding hydrogens is 453 g/mol. The molecule has 0 saturated carbocycles. The summed E-state index contributed by atoms with van der Waals surface area (Å²) in [6, 6.07) is 5.71. The number of nitrogens with one attached hydrogen (secondary N) is 1. The van der Waals surface area contributed by atoms with Gasteiger partial charge in [0.05, 0.1) is 24.9 Å². The Morgan fingerprint density at radius 3 is 2.39 bits per heavy atom. The summed E-state index contributed by atoms with van der Waals surface area (Å²) < 4.78 is 38.8. The minimum Gasteiger partial charge on any atom is -0.481 e. The number of hydrogen-bond acceptors (Lipinski definition) is 7. The smallest absolute Gasteiger partial charge is 0.305 e. The van der Waals surface area contributed by atoms with Gasteiger partial charge in [0.25, 0.3) is 0 Å². The van der Waals surface area contributed by atoms with Crippen LogP contribution in [0.2, 0.25) is 0 Å². The van der Waals surface area contributed by atoms with E-state index in [9.17, 15) is 27.8 Å². The van der Waals surface area contributed by atoms with Crippen molar-refractivity contribution in [2.45, 2.75) is 44.4 Å². The van der Waals surface area contributed by atoms with Gasteiger partial charge >= 0.3 is 5.97 Å². The molecule has 11 heteroatoms. The largest absolute Gasteiger partial charge is 0.481 e. The molecule has 1 heterocycles. The van der Waals surface area contributed by atoms with Crippen LogP contribution in [0.25, 0.3) is 0 Å².